The first-order valence-corrected chi connectivity index (χ1v) is 13.0. The molecule has 0 fully saturated rings. The summed E-state index contributed by atoms with van der Waals surface area (Å²) in [5.41, 5.74) is 7.39. The molecule has 0 atom stereocenters. The molecule has 0 bridgehead atoms. The molecule has 0 aliphatic rings. The molecule has 2 aromatic carbocycles. The van der Waals surface area contributed by atoms with Gasteiger partial charge in [-0.05, 0) is 35.4 Å². The zero-order chi connectivity index (χ0) is 26.7. The summed E-state index contributed by atoms with van der Waals surface area (Å²) in [5.74, 6) is 0. The van der Waals surface area contributed by atoms with E-state index >= 15 is 0 Å². The minimum absolute atomic E-state index is 0. The van der Waals surface area contributed by atoms with Crippen molar-refractivity contribution in [3.63, 3.8) is 0 Å². The van der Waals surface area contributed by atoms with Crippen molar-refractivity contribution in [3.8, 4) is 0 Å². The third-order valence-electron chi connectivity index (χ3n) is 6.38. The molecule has 2 aromatic heterocycles. The Hall–Kier alpha value is -3.48. The zero-order valence-electron chi connectivity index (χ0n) is 23.7. The molecule has 0 N–H and O–H groups in total. The lowest BCUT2D eigenvalue weighted by atomic mass is 10.2. The first-order valence-electron chi connectivity index (χ1n) is 13.0. The fraction of sp³-hybridized carbons (Fsp3) is 0.176. The molecule has 0 aliphatic heterocycles. The quantitative estimate of drug-likeness (QED) is 0.173. The second-order valence-corrected chi connectivity index (χ2v) is 9.83. The van der Waals surface area contributed by atoms with Gasteiger partial charge in [-0.25, -0.2) is 9.13 Å². The number of nitrogens with zero attached hydrogens (tertiary/aromatic N) is 4. The van der Waals surface area contributed by atoms with Gasteiger partial charge >= 0.3 is 0 Å². The van der Waals surface area contributed by atoms with Gasteiger partial charge in [0.15, 0.2) is 37.9 Å². The Morgan fingerprint density at radius 2 is 0.800 bits per heavy atom. The van der Waals surface area contributed by atoms with Gasteiger partial charge in [0, 0.05) is 75.0 Å². The molecule has 0 unspecified atom stereocenters. The van der Waals surface area contributed by atoms with Crippen molar-refractivity contribution in [1.29, 1.82) is 0 Å². The Kier molecular flexibility index (Phi) is 13.6. The molecule has 2 heterocycles. The molecule has 208 valence electrons. The topological polar surface area (TPSA) is 14.2 Å². The Morgan fingerprint density at radius 1 is 0.475 bits per heavy atom. The summed E-state index contributed by atoms with van der Waals surface area (Å²) in [4.78, 5) is 4.23. The summed E-state index contributed by atoms with van der Waals surface area (Å²) in [7, 11) is 8.25. The lowest BCUT2D eigenvalue weighted by Crippen LogP contribution is -3.00. The van der Waals surface area contributed by atoms with Gasteiger partial charge in [-0.2, -0.15) is 0 Å². The first-order chi connectivity index (χ1) is 18.5. The lowest BCUT2D eigenvalue weighted by molar-refractivity contribution is -0.688. The summed E-state index contributed by atoms with van der Waals surface area (Å²) in [6.07, 6.45) is 21.0. The zero-order valence-corrected chi connectivity index (χ0v) is 26.8. The van der Waals surface area contributed by atoms with E-state index in [1.54, 1.807) is 0 Å². The van der Waals surface area contributed by atoms with Crippen molar-refractivity contribution in [1.82, 2.24) is 0 Å². The van der Waals surface area contributed by atoms with Crippen molar-refractivity contribution < 1.29 is 43.1 Å². The maximum atomic E-state index is 2.20. The van der Waals surface area contributed by atoms with Crippen LogP contribution in [0.4, 0.5) is 11.4 Å². The highest BCUT2D eigenvalue weighted by atomic mass is 79.9. The minimum atomic E-state index is 0. The van der Waals surface area contributed by atoms with E-state index in [0.717, 1.165) is 13.1 Å². The van der Waals surface area contributed by atoms with E-state index in [9.17, 15) is 0 Å². The van der Waals surface area contributed by atoms with Crippen LogP contribution < -0.4 is 52.9 Å². The van der Waals surface area contributed by atoms with Gasteiger partial charge < -0.3 is 43.8 Å². The molecular formula is C34H38Br2N4. The standard InChI is InChI=1S/C34H38N4.2BrH/c1-35(2)33-15-11-31(12-16-33)27-37-23-19-29(20-24-37)9-7-5-6-8-10-30-21-25-38(26-22-30)28-32-13-17-34(18-14-32)36(3)4;;/h5-26H,27-28H2,1-4H3;2*1H/q+2;;/p-2. The summed E-state index contributed by atoms with van der Waals surface area (Å²) in [5, 5.41) is 0. The fourth-order valence-electron chi connectivity index (χ4n) is 4.05. The number of hydrogen-bond donors (Lipinski definition) is 0. The van der Waals surface area contributed by atoms with Crippen LogP contribution in [-0.4, -0.2) is 28.2 Å². The van der Waals surface area contributed by atoms with Crippen LogP contribution in [0.1, 0.15) is 22.3 Å². The number of halogens is 2. The third-order valence-corrected chi connectivity index (χ3v) is 6.38. The Balaban J connectivity index is 0.00000280. The number of allylic oxidation sites excluding steroid dienone is 4. The molecule has 6 heteroatoms. The van der Waals surface area contributed by atoms with Crippen LogP contribution in [0, 0.1) is 0 Å². The van der Waals surface area contributed by atoms with E-state index in [1.807, 2.05) is 0 Å². The summed E-state index contributed by atoms with van der Waals surface area (Å²) >= 11 is 0. The lowest BCUT2D eigenvalue weighted by Gasteiger charge is -2.11. The van der Waals surface area contributed by atoms with Gasteiger partial charge in [0.2, 0.25) is 0 Å². The van der Waals surface area contributed by atoms with Crippen LogP contribution in [0.5, 0.6) is 0 Å². The molecule has 0 spiro atoms. The number of hydrogen-bond acceptors (Lipinski definition) is 2. The van der Waals surface area contributed by atoms with Gasteiger partial charge in [0.25, 0.3) is 0 Å². The van der Waals surface area contributed by atoms with Crippen LogP contribution in [0.25, 0.3) is 12.2 Å². The van der Waals surface area contributed by atoms with Crippen molar-refractivity contribution in [2.75, 3.05) is 38.0 Å². The van der Waals surface area contributed by atoms with Crippen molar-refractivity contribution >= 4 is 23.5 Å². The van der Waals surface area contributed by atoms with Gasteiger partial charge in [0.1, 0.15) is 0 Å². The highest BCUT2D eigenvalue weighted by Crippen LogP contribution is 2.13. The van der Waals surface area contributed by atoms with Gasteiger partial charge in [-0.1, -0.05) is 60.7 Å². The van der Waals surface area contributed by atoms with Crippen LogP contribution in [0.15, 0.2) is 122 Å². The molecule has 4 nitrogen and oxygen atoms in total. The van der Waals surface area contributed by atoms with Crippen molar-refractivity contribution in [3.05, 3.63) is 144 Å². The molecule has 0 radical (unpaired) electrons. The second-order valence-electron chi connectivity index (χ2n) is 9.83. The molecule has 0 saturated carbocycles. The largest absolute Gasteiger partial charge is 1.00 e. The van der Waals surface area contributed by atoms with E-state index in [0.29, 0.717) is 0 Å². The Morgan fingerprint density at radius 3 is 1.10 bits per heavy atom. The maximum Gasteiger partial charge on any atom is 0.173 e. The van der Waals surface area contributed by atoms with Gasteiger partial charge in [-0.3, -0.25) is 0 Å². The predicted molar refractivity (Wildman–Crippen MR) is 160 cm³/mol. The van der Waals surface area contributed by atoms with E-state index in [-0.39, 0.29) is 34.0 Å². The van der Waals surface area contributed by atoms with Crippen LogP contribution in [0.2, 0.25) is 0 Å². The van der Waals surface area contributed by atoms with Crippen molar-refractivity contribution in [2.24, 2.45) is 0 Å². The van der Waals surface area contributed by atoms with Gasteiger partial charge in [0.05, 0.1) is 0 Å². The maximum absolute atomic E-state index is 2.20. The Bertz CT molecular complexity index is 1260. The number of benzene rings is 2. The molecular weight excluding hydrogens is 624 g/mol. The second kappa shape index (κ2) is 16.6. The minimum Gasteiger partial charge on any atom is -1.00 e. The highest BCUT2D eigenvalue weighted by Gasteiger charge is 2.04. The molecule has 4 rings (SSSR count). The van der Waals surface area contributed by atoms with E-state index in [1.165, 1.54) is 33.6 Å². The average molecular weight is 663 g/mol. The molecule has 40 heavy (non-hydrogen) atoms. The van der Waals surface area contributed by atoms with Crippen LogP contribution in [-0.2, 0) is 13.1 Å². The highest BCUT2D eigenvalue weighted by molar-refractivity contribution is 5.52. The average Bonchev–Trinajstić information content (AvgIpc) is 2.93. The summed E-state index contributed by atoms with van der Waals surface area (Å²) in [6, 6.07) is 26.0. The first kappa shape index (κ1) is 32.7. The van der Waals surface area contributed by atoms with E-state index in [2.05, 4.69) is 181 Å². The van der Waals surface area contributed by atoms with E-state index in [4.69, 9.17) is 0 Å². The number of aromatic nitrogens is 2. The van der Waals surface area contributed by atoms with E-state index < -0.39 is 0 Å². The van der Waals surface area contributed by atoms with Crippen molar-refractivity contribution in [2.45, 2.75) is 13.1 Å². The molecule has 0 amide bonds. The smallest absolute Gasteiger partial charge is 0.173 e. The summed E-state index contributed by atoms with van der Waals surface area (Å²) in [6.45, 7) is 1.73. The third kappa shape index (κ3) is 10.2. The van der Waals surface area contributed by atoms with Crippen LogP contribution in [0.3, 0.4) is 0 Å². The van der Waals surface area contributed by atoms with Gasteiger partial charge in [-0.15, -0.1) is 0 Å². The number of rotatable bonds is 10. The Labute approximate surface area is 260 Å². The predicted octanol–water partition coefficient (Wildman–Crippen LogP) is -0.219. The number of pyridine rings is 2. The summed E-state index contributed by atoms with van der Waals surface area (Å²) < 4.78 is 4.40. The molecule has 4 aromatic rings. The fourth-order valence-corrected chi connectivity index (χ4v) is 4.05. The molecule has 0 saturated heterocycles. The molecule has 0 aliphatic carbocycles. The normalized spacial score (nSPS) is 11.0. The SMILES string of the molecule is CN(C)c1ccc(C[n+]2ccc(C=CC=CC=Cc3cc[n+](Cc4ccc(N(C)C)cc4)cc3)cc2)cc1.[Br-].[Br-]. The van der Waals surface area contributed by atoms with Crippen LogP contribution >= 0.6 is 0 Å². The monoisotopic (exact) mass is 660 g/mol. The number of anilines is 2.